The second kappa shape index (κ2) is 9.02. The van der Waals surface area contributed by atoms with Crippen LogP contribution >= 0.6 is 0 Å². The number of pyridine rings is 1. The topological polar surface area (TPSA) is 99.7 Å². The largest absolute Gasteiger partial charge is 0.351 e. The molecule has 3 heterocycles. The number of benzene rings is 1. The Kier molecular flexibility index (Phi) is 5.78. The molecule has 1 aliphatic carbocycles. The first-order chi connectivity index (χ1) is 16.2. The van der Waals surface area contributed by atoms with Crippen LogP contribution in [0.1, 0.15) is 65.0 Å². The van der Waals surface area contributed by atoms with Crippen molar-refractivity contribution in [1.82, 2.24) is 25.3 Å². The SMILES string of the molecule is Cc1c(C(=O)NC2CCCCC2)nnn1-c1cccc2c1CCN(c1ncccc1C#N)C2. The van der Waals surface area contributed by atoms with Gasteiger partial charge >= 0.3 is 0 Å². The number of carbonyl (C=O) groups excluding carboxylic acids is 1. The van der Waals surface area contributed by atoms with Gasteiger partial charge in [-0.3, -0.25) is 4.79 Å². The van der Waals surface area contributed by atoms with Gasteiger partial charge in [-0.1, -0.05) is 36.6 Å². The van der Waals surface area contributed by atoms with Crippen molar-refractivity contribution < 1.29 is 4.79 Å². The maximum absolute atomic E-state index is 12.9. The molecule has 1 N–H and O–H groups in total. The van der Waals surface area contributed by atoms with Crippen LogP contribution in [0, 0.1) is 18.3 Å². The fourth-order valence-electron chi connectivity index (χ4n) is 4.97. The number of nitriles is 1. The van der Waals surface area contributed by atoms with Crippen LogP contribution in [-0.4, -0.2) is 38.5 Å². The van der Waals surface area contributed by atoms with E-state index in [1.807, 2.05) is 19.1 Å². The fourth-order valence-corrected chi connectivity index (χ4v) is 4.97. The Balaban J connectivity index is 1.40. The number of nitrogens with zero attached hydrogens (tertiary/aromatic N) is 6. The monoisotopic (exact) mass is 441 g/mol. The lowest BCUT2D eigenvalue weighted by molar-refractivity contribution is 0.0922. The molecular formula is C25H27N7O. The molecule has 168 valence electrons. The van der Waals surface area contributed by atoms with E-state index >= 15 is 0 Å². The first-order valence-electron chi connectivity index (χ1n) is 11.6. The van der Waals surface area contributed by atoms with Crippen LogP contribution < -0.4 is 10.2 Å². The molecule has 2 aromatic heterocycles. The molecule has 1 fully saturated rings. The van der Waals surface area contributed by atoms with Crippen LogP contribution in [0.3, 0.4) is 0 Å². The van der Waals surface area contributed by atoms with Crippen molar-refractivity contribution in [2.75, 3.05) is 11.4 Å². The van der Waals surface area contributed by atoms with Crippen molar-refractivity contribution >= 4 is 11.7 Å². The molecule has 0 spiro atoms. The molecule has 0 bridgehead atoms. The highest BCUT2D eigenvalue weighted by Crippen LogP contribution is 2.29. The van der Waals surface area contributed by atoms with Gasteiger partial charge in [-0.05, 0) is 55.5 Å². The van der Waals surface area contributed by atoms with Crippen LogP contribution in [0.25, 0.3) is 5.69 Å². The summed E-state index contributed by atoms with van der Waals surface area (Å²) in [6.07, 6.45) is 8.15. The summed E-state index contributed by atoms with van der Waals surface area (Å²) < 4.78 is 1.78. The highest BCUT2D eigenvalue weighted by atomic mass is 16.2. The summed E-state index contributed by atoms with van der Waals surface area (Å²) in [6.45, 7) is 3.31. The third-order valence-corrected chi connectivity index (χ3v) is 6.73. The number of anilines is 1. The summed E-state index contributed by atoms with van der Waals surface area (Å²) in [6, 6.07) is 12.2. The highest BCUT2D eigenvalue weighted by molar-refractivity contribution is 5.93. The summed E-state index contributed by atoms with van der Waals surface area (Å²) in [7, 11) is 0. The molecule has 0 radical (unpaired) electrons. The Labute approximate surface area is 193 Å². The summed E-state index contributed by atoms with van der Waals surface area (Å²) >= 11 is 0. The lowest BCUT2D eigenvalue weighted by Crippen LogP contribution is -2.36. The van der Waals surface area contributed by atoms with E-state index in [1.165, 1.54) is 12.0 Å². The Morgan fingerprint density at radius 2 is 2.03 bits per heavy atom. The number of fused-ring (bicyclic) bond motifs is 1. The molecule has 0 atom stereocenters. The molecular weight excluding hydrogens is 414 g/mol. The van der Waals surface area contributed by atoms with E-state index in [1.54, 1.807) is 23.0 Å². The lowest BCUT2D eigenvalue weighted by Gasteiger charge is -2.31. The standard InChI is InChI=1S/C25H27N7O/c1-17-23(25(33)28-20-9-3-2-4-10-20)29-30-32(17)22-11-5-7-19-16-31(14-12-21(19)22)24-18(15-26)8-6-13-27-24/h5-8,11,13,20H,2-4,9-10,12,14,16H2,1H3,(H,28,33). The normalized spacial score (nSPS) is 16.2. The van der Waals surface area contributed by atoms with Crippen LogP contribution in [0.2, 0.25) is 0 Å². The van der Waals surface area contributed by atoms with E-state index < -0.39 is 0 Å². The molecule has 3 aromatic rings. The van der Waals surface area contributed by atoms with Gasteiger partial charge in [0.25, 0.3) is 5.91 Å². The smallest absolute Gasteiger partial charge is 0.273 e. The molecule has 5 rings (SSSR count). The number of hydrogen-bond donors (Lipinski definition) is 1. The Bertz CT molecular complexity index is 1220. The van der Waals surface area contributed by atoms with Crippen molar-refractivity contribution in [3.63, 3.8) is 0 Å². The van der Waals surface area contributed by atoms with Crippen molar-refractivity contribution in [2.45, 2.75) is 58.0 Å². The van der Waals surface area contributed by atoms with Crippen molar-refractivity contribution in [3.8, 4) is 11.8 Å². The average molecular weight is 442 g/mol. The minimum absolute atomic E-state index is 0.138. The quantitative estimate of drug-likeness (QED) is 0.666. The Morgan fingerprint density at radius 1 is 1.18 bits per heavy atom. The summed E-state index contributed by atoms with van der Waals surface area (Å²) in [5, 5.41) is 21.2. The molecule has 8 nitrogen and oxygen atoms in total. The third-order valence-electron chi connectivity index (χ3n) is 6.73. The molecule has 0 saturated heterocycles. The van der Waals surface area contributed by atoms with Crippen LogP contribution in [0.5, 0.6) is 0 Å². The van der Waals surface area contributed by atoms with Gasteiger partial charge < -0.3 is 10.2 Å². The van der Waals surface area contributed by atoms with Gasteiger partial charge in [-0.25, -0.2) is 9.67 Å². The van der Waals surface area contributed by atoms with Gasteiger partial charge in [0.1, 0.15) is 11.9 Å². The van der Waals surface area contributed by atoms with Crippen molar-refractivity contribution in [3.05, 3.63) is 64.6 Å². The molecule has 1 saturated carbocycles. The summed E-state index contributed by atoms with van der Waals surface area (Å²) in [5.41, 5.74) is 5.03. The molecule has 2 aliphatic rings. The zero-order valence-corrected chi connectivity index (χ0v) is 18.8. The molecule has 0 unspecified atom stereocenters. The van der Waals surface area contributed by atoms with Crippen molar-refractivity contribution in [2.24, 2.45) is 0 Å². The number of amides is 1. The van der Waals surface area contributed by atoms with Gasteiger partial charge in [-0.15, -0.1) is 5.10 Å². The van der Waals surface area contributed by atoms with E-state index in [9.17, 15) is 10.1 Å². The maximum Gasteiger partial charge on any atom is 0.273 e. The Morgan fingerprint density at radius 3 is 2.85 bits per heavy atom. The van der Waals surface area contributed by atoms with E-state index in [4.69, 9.17) is 0 Å². The Hall–Kier alpha value is -3.73. The molecule has 8 heteroatoms. The van der Waals surface area contributed by atoms with Gasteiger partial charge in [0, 0.05) is 25.3 Å². The molecule has 1 amide bonds. The first-order valence-corrected chi connectivity index (χ1v) is 11.6. The number of rotatable bonds is 4. The van der Waals surface area contributed by atoms with Gasteiger partial charge in [0.05, 0.1) is 16.9 Å². The molecule has 1 aromatic carbocycles. The molecule has 1 aliphatic heterocycles. The number of aromatic nitrogens is 4. The number of nitrogens with one attached hydrogen (secondary N) is 1. The number of hydrogen-bond acceptors (Lipinski definition) is 6. The summed E-state index contributed by atoms with van der Waals surface area (Å²) in [5.74, 6) is 0.579. The van der Waals surface area contributed by atoms with E-state index in [0.29, 0.717) is 17.8 Å². The van der Waals surface area contributed by atoms with E-state index in [-0.39, 0.29) is 11.9 Å². The van der Waals surface area contributed by atoms with Crippen LogP contribution in [0.15, 0.2) is 36.5 Å². The van der Waals surface area contributed by atoms with Gasteiger partial charge in [0.2, 0.25) is 0 Å². The minimum Gasteiger partial charge on any atom is -0.351 e. The summed E-state index contributed by atoms with van der Waals surface area (Å²) in [4.78, 5) is 19.4. The number of carbonyl (C=O) groups is 1. The lowest BCUT2D eigenvalue weighted by atomic mass is 9.95. The molecule has 33 heavy (non-hydrogen) atoms. The zero-order chi connectivity index (χ0) is 22.8. The average Bonchev–Trinajstić information content (AvgIpc) is 3.25. The predicted octanol–water partition coefficient (Wildman–Crippen LogP) is 3.47. The van der Waals surface area contributed by atoms with Gasteiger partial charge in [-0.2, -0.15) is 5.26 Å². The first kappa shape index (κ1) is 21.1. The van der Waals surface area contributed by atoms with E-state index in [2.05, 4.69) is 37.6 Å². The highest BCUT2D eigenvalue weighted by Gasteiger charge is 2.25. The third kappa shape index (κ3) is 4.07. The van der Waals surface area contributed by atoms with Crippen LogP contribution in [0.4, 0.5) is 5.82 Å². The second-order valence-corrected chi connectivity index (χ2v) is 8.82. The van der Waals surface area contributed by atoms with E-state index in [0.717, 1.165) is 61.4 Å². The zero-order valence-electron chi connectivity index (χ0n) is 18.8. The maximum atomic E-state index is 12.9. The predicted molar refractivity (Wildman–Crippen MR) is 124 cm³/mol. The van der Waals surface area contributed by atoms with Crippen molar-refractivity contribution in [1.29, 1.82) is 5.26 Å². The van der Waals surface area contributed by atoms with Gasteiger partial charge in [0.15, 0.2) is 5.69 Å². The minimum atomic E-state index is -0.138. The van der Waals surface area contributed by atoms with Crippen LogP contribution in [-0.2, 0) is 13.0 Å². The fraction of sp³-hybridized carbons (Fsp3) is 0.400. The second-order valence-electron chi connectivity index (χ2n) is 8.82.